The molecule has 3 heterocycles. The van der Waals surface area contributed by atoms with Gasteiger partial charge in [0, 0.05) is 18.0 Å². The van der Waals surface area contributed by atoms with Crippen molar-refractivity contribution in [3.05, 3.63) is 42.0 Å². The van der Waals surface area contributed by atoms with Crippen LogP contribution in [0.25, 0.3) is 21.9 Å². The molecule has 0 aliphatic rings. The summed E-state index contributed by atoms with van der Waals surface area (Å²) in [7, 11) is 0. The monoisotopic (exact) mass is 397 g/mol. The summed E-state index contributed by atoms with van der Waals surface area (Å²) in [5.74, 6) is -1.61. The minimum absolute atomic E-state index is 0.0493. The first-order chi connectivity index (χ1) is 14.0. The molecule has 1 amide bonds. The Morgan fingerprint density at radius 1 is 1.24 bits per heavy atom. The van der Waals surface area contributed by atoms with Gasteiger partial charge in [-0.25, -0.2) is 4.98 Å². The normalized spacial score (nSPS) is 11.1. The average molecular weight is 397 g/mol. The molecule has 0 aliphatic carbocycles. The lowest BCUT2D eigenvalue weighted by molar-refractivity contribution is 0.0977. The van der Waals surface area contributed by atoms with E-state index in [2.05, 4.69) is 20.3 Å². The number of primary amides is 1. The molecule has 10 heteroatoms. The lowest BCUT2D eigenvalue weighted by atomic mass is 10.1. The van der Waals surface area contributed by atoms with Crippen LogP contribution in [0.2, 0.25) is 0 Å². The number of ether oxygens (including phenoxy) is 1. The highest BCUT2D eigenvalue weighted by Gasteiger charge is 2.20. The first kappa shape index (κ1) is 18.4. The molecule has 1 aromatic carbocycles. The van der Waals surface area contributed by atoms with Crippen molar-refractivity contribution in [3.8, 4) is 17.8 Å². The molecule has 0 spiro atoms. The number of pyridine rings is 1. The highest BCUT2D eigenvalue weighted by atomic mass is 19.1. The summed E-state index contributed by atoms with van der Waals surface area (Å²) in [5.41, 5.74) is 7.00. The van der Waals surface area contributed by atoms with Crippen LogP contribution < -0.4 is 15.8 Å². The first-order valence-corrected chi connectivity index (χ1v) is 8.77. The summed E-state index contributed by atoms with van der Waals surface area (Å²) in [6.45, 7) is 2.62. The largest absolute Gasteiger partial charge is 0.479 e. The molecule has 4 rings (SSSR count). The maximum Gasteiger partial charge on any atom is 0.319 e. The average Bonchev–Trinajstić information content (AvgIpc) is 3.04. The lowest BCUT2D eigenvalue weighted by Crippen LogP contribution is -2.13. The summed E-state index contributed by atoms with van der Waals surface area (Å²) in [6, 6.07) is 6.84. The maximum absolute atomic E-state index is 13.3. The number of furan rings is 1. The van der Waals surface area contributed by atoms with Crippen LogP contribution in [0.1, 0.15) is 23.9 Å². The van der Waals surface area contributed by atoms with Gasteiger partial charge in [-0.05, 0) is 24.6 Å². The Kier molecular flexibility index (Phi) is 4.59. The topological polar surface area (TPSA) is 136 Å². The smallest absolute Gasteiger partial charge is 0.319 e. The minimum atomic E-state index is -0.931. The highest BCUT2D eigenvalue weighted by Crippen LogP contribution is 2.37. The number of benzene rings is 1. The molecule has 0 saturated carbocycles. The Labute approximate surface area is 163 Å². The fourth-order valence-corrected chi connectivity index (χ4v) is 2.98. The van der Waals surface area contributed by atoms with Gasteiger partial charge in [0.25, 0.3) is 5.91 Å². The Balaban J connectivity index is 1.81. The third-order valence-electron chi connectivity index (χ3n) is 4.14. The first-order valence-electron chi connectivity index (χ1n) is 8.77. The van der Waals surface area contributed by atoms with Gasteiger partial charge in [0.2, 0.25) is 23.5 Å². The standard InChI is InChI=1S/C19H16FN5O4/c1-2-7-22-16-15-9-3-6-13(29-14-8-12(20)24-19(27)25-14)23-10(9)4-5-11(15)28-17(16)18(21)26/h3-6,8,22H,2,7H2,1H3,(H2,21,26)(H,24,25,27). The van der Waals surface area contributed by atoms with Crippen LogP contribution in [0.15, 0.2) is 34.7 Å². The summed E-state index contributed by atoms with van der Waals surface area (Å²) in [6.07, 6.45) is 0.841. The van der Waals surface area contributed by atoms with Crippen molar-refractivity contribution in [1.29, 1.82) is 0 Å². The summed E-state index contributed by atoms with van der Waals surface area (Å²) >= 11 is 0. The number of aromatic nitrogens is 3. The zero-order valence-corrected chi connectivity index (χ0v) is 15.3. The number of nitrogens with one attached hydrogen (secondary N) is 1. The molecule has 0 unspecified atom stereocenters. The van der Waals surface area contributed by atoms with Gasteiger partial charge in [-0.15, -0.1) is 0 Å². The molecule has 0 saturated heterocycles. The van der Waals surface area contributed by atoms with Crippen LogP contribution in [0.5, 0.6) is 17.8 Å². The van der Waals surface area contributed by atoms with Gasteiger partial charge in [0.05, 0.1) is 22.7 Å². The third-order valence-corrected chi connectivity index (χ3v) is 4.14. The van der Waals surface area contributed by atoms with E-state index in [1.165, 1.54) is 0 Å². The van der Waals surface area contributed by atoms with E-state index < -0.39 is 17.9 Å². The van der Waals surface area contributed by atoms with Crippen molar-refractivity contribution in [2.75, 3.05) is 11.9 Å². The van der Waals surface area contributed by atoms with Crippen LogP contribution in [0.4, 0.5) is 10.1 Å². The Bertz CT molecular complexity index is 1220. The molecule has 0 radical (unpaired) electrons. The molecule has 148 valence electrons. The fraction of sp³-hybridized carbons (Fsp3) is 0.158. The van der Waals surface area contributed by atoms with Crippen molar-refractivity contribution >= 4 is 33.5 Å². The molecule has 9 nitrogen and oxygen atoms in total. The number of amides is 1. The number of carbonyl (C=O) groups excluding carboxylic acids is 1. The zero-order chi connectivity index (χ0) is 20.5. The lowest BCUT2D eigenvalue weighted by Gasteiger charge is -2.07. The fourth-order valence-electron chi connectivity index (χ4n) is 2.98. The molecule has 4 N–H and O–H groups in total. The molecule has 0 atom stereocenters. The van der Waals surface area contributed by atoms with E-state index in [4.69, 9.17) is 14.9 Å². The molecular weight excluding hydrogens is 381 g/mol. The van der Waals surface area contributed by atoms with Crippen LogP contribution in [-0.2, 0) is 0 Å². The van der Waals surface area contributed by atoms with Crippen LogP contribution in [0, 0.1) is 5.95 Å². The van der Waals surface area contributed by atoms with Gasteiger partial charge in [-0.2, -0.15) is 14.4 Å². The van der Waals surface area contributed by atoms with E-state index >= 15 is 0 Å². The van der Waals surface area contributed by atoms with Crippen molar-refractivity contribution < 1.29 is 23.4 Å². The number of aromatic hydroxyl groups is 1. The second-order valence-corrected chi connectivity index (χ2v) is 6.18. The maximum atomic E-state index is 13.3. The number of anilines is 1. The molecule has 3 aromatic heterocycles. The Hall–Kier alpha value is -3.95. The third kappa shape index (κ3) is 3.47. The van der Waals surface area contributed by atoms with Gasteiger partial charge >= 0.3 is 6.01 Å². The number of rotatable bonds is 6. The van der Waals surface area contributed by atoms with E-state index in [1.807, 2.05) is 6.92 Å². The SMILES string of the molecule is CCCNc1c(C(N)=O)oc2ccc3nc(Oc4cc(F)nc(O)n4)ccc3c12. The molecule has 29 heavy (non-hydrogen) atoms. The number of hydrogen-bond acceptors (Lipinski definition) is 8. The number of halogens is 1. The number of carbonyl (C=O) groups is 1. The van der Waals surface area contributed by atoms with Gasteiger partial charge < -0.3 is 25.3 Å². The molecular formula is C19H16FN5O4. The number of hydrogen-bond donors (Lipinski definition) is 3. The van der Waals surface area contributed by atoms with E-state index in [-0.39, 0.29) is 17.5 Å². The number of fused-ring (bicyclic) bond motifs is 3. The van der Waals surface area contributed by atoms with E-state index in [1.54, 1.807) is 24.3 Å². The predicted octanol–water partition coefficient (Wildman–Crippen LogP) is 3.33. The van der Waals surface area contributed by atoms with Crippen molar-refractivity contribution in [2.45, 2.75) is 13.3 Å². The van der Waals surface area contributed by atoms with E-state index in [0.29, 0.717) is 34.1 Å². The quantitative estimate of drug-likeness (QED) is 0.422. The van der Waals surface area contributed by atoms with E-state index in [0.717, 1.165) is 12.5 Å². The van der Waals surface area contributed by atoms with Crippen molar-refractivity contribution in [3.63, 3.8) is 0 Å². The number of nitrogens with zero attached hydrogens (tertiary/aromatic N) is 3. The minimum Gasteiger partial charge on any atom is -0.479 e. The molecule has 0 bridgehead atoms. The summed E-state index contributed by atoms with van der Waals surface area (Å²) in [5, 5.41) is 13.9. The van der Waals surface area contributed by atoms with Gasteiger partial charge in [0.15, 0.2) is 0 Å². The molecule has 0 aliphatic heterocycles. The predicted molar refractivity (Wildman–Crippen MR) is 103 cm³/mol. The van der Waals surface area contributed by atoms with Crippen LogP contribution >= 0.6 is 0 Å². The van der Waals surface area contributed by atoms with Crippen LogP contribution in [-0.4, -0.2) is 32.5 Å². The summed E-state index contributed by atoms with van der Waals surface area (Å²) in [4.78, 5) is 22.9. The second-order valence-electron chi connectivity index (χ2n) is 6.18. The van der Waals surface area contributed by atoms with Gasteiger partial charge in [-0.1, -0.05) is 6.92 Å². The van der Waals surface area contributed by atoms with Gasteiger partial charge in [-0.3, -0.25) is 4.79 Å². The molecule has 4 aromatic rings. The zero-order valence-electron chi connectivity index (χ0n) is 15.3. The number of nitrogens with two attached hydrogens (primary N) is 1. The highest BCUT2D eigenvalue weighted by molar-refractivity contribution is 6.16. The van der Waals surface area contributed by atoms with Crippen molar-refractivity contribution in [1.82, 2.24) is 15.0 Å². The van der Waals surface area contributed by atoms with E-state index in [9.17, 15) is 14.3 Å². The van der Waals surface area contributed by atoms with Crippen LogP contribution in [0.3, 0.4) is 0 Å². The van der Waals surface area contributed by atoms with Crippen molar-refractivity contribution in [2.24, 2.45) is 5.73 Å². The Morgan fingerprint density at radius 3 is 2.79 bits per heavy atom. The van der Waals surface area contributed by atoms with Gasteiger partial charge in [0.1, 0.15) is 5.58 Å². The summed E-state index contributed by atoms with van der Waals surface area (Å²) < 4.78 is 24.4. The molecule has 0 fully saturated rings. The Morgan fingerprint density at radius 2 is 2.07 bits per heavy atom. The second kappa shape index (κ2) is 7.23.